The van der Waals surface area contributed by atoms with Crippen LogP contribution >= 0.6 is 0 Å². The second-order valence-electron chi connectivity index (χ2n) is 0. The molecule has 0 aliphatic rings. The molecule has 4 nitrogen and oxygen atoms in total. The maximum atomic E-state index is 0. The molecule has 0 bridgehead atoms. The average molecular weight is 239 g/mol. The molecule has 0 saturated carbocycles. The topological polar surface area (TPSA) is 126 Å². The van der Waals surface area contributed by atoms with Gasteiger partial charge >= 0.3 is 37.7 Å². The first-order valence-electron chi connectivity index (χ1n) is 0. The van der Waals surface area contributed by atoms with Gasteiger partial charge in [-0.15, -0.1) is 0 Å². The van der Waals surface area contributed by atoms with E-state index in [0.717, 1.165) is 0 Å². The molecule has 0 spiro atoms. The fourth-order valence-electron chi connectivity index (χ4n) is 0. The Morgan fingerprint density at radius 1 is 0.500 bits per heavy atom. The number of hydrogen-bond acceptors (Lipinski definition) is 0. The first-order chi connectivity index (χ1) is 0. The van der Waals surface area contributed by atoms with E-state index in [4.69, 9.17) is 0 Å². The summed E-state index contributed by atoms with van der Waals surface area (Å²) in [4.78, 5) is 0. The van der Waals surface area contributed by atoms with Crippen LogP contribution in [0.5, 0.6) is 0 Å². The maximum Gasteiger partial charge on any atom is 2.00 e. The largest absolute Gasteiger partial charge is 2.00 e. The third-order valence-electron chi connectivity index (χ3n) is 0. The Labute approximate surface area is 82.6 Å². The fourth-order valence-corrected chi connectivity index (χ4v) is 0. The summed E-state index contributed by atoms with van der Waals surface area (Å²) in [6, 6.07) is 0. The molecule has 6 heteroatoms. The van der Waals surface area contributed by atoms with Gasteiger partial charge in [-0.3, -0.25) is 0 Å². The standard InChI is InChI=1S/Ca.HI.4H2O/h;1H;4*1H2/q+2;;;;;/p-1. The van der Waals surface area contributed by atoms with Crippen molar-refractivity contribution in [3.63, 3.8) is 0 Å². The Kier molecular flexibility index (Phi) is 1260. The summed E-state index contributed by atoms with van der Waals surface area (Å²) in [7, 11) is 0. The van der Waals surface area contributed by atoms with E-state index in [0.29, 0.717) is 0 Å². The number of rotatable bonds is 0. The Hall–Kier alpha value is 1.83. The second-order valence-corrected chi connectivity index (χ2v) is 0. The molecular formula is H8CaIO4+. The zero-order valence-corrected chi connectivity index (χ0v) is 7.45. The molecule has 0 aromatic carbocycles. The van der Waals surface area contributed by atoms with E-state index >= 15 is 0 Å². The molecule has 40 valence electrons. The molecule has 0 fully saturated rings. The molecule has 0 heterocycles. The molecule has 0 rings (SSSR count). The summed E-state index contributed by atoms with van der Waals surface area (Å²) < 4.78 is 0. The Bertz CT molecular complexity index is 7.51. The third kappa shape index (κ3) is 40.6. The van der Waals surface area contributed by atoms with Gasteiger partial charge in [0.2, 0.25) is 0 Å². The van der Waals surface area contributed by atoms with Crippen LogP contribution in [-0.2, 0) is 0 Å². The van der Waals surface area contributed by atoms with Crippen LogP contribution in [0.1, 0.15) is 0 Å². The van der Waals surface area contributed by atoms with Crippen LogP contribution in [0.3, 0.4) is 0 Å². The minimum absolute atomic E-state index is 0. The van der Waals surface area contributed by atoms with E-state index in [9.17, 15) is 0 Å². The van der Waals surface area contributed by atoms with Gasteiger partial charge in [0.05, 0.1) is 0 Å². The maximum absolute atomic E-state index is 0. The minimum atomic E-state index is 0. The van der Waals surface area contributed by atoms with Gasteiger partial charge in [0, 0.05) is 0 Å². The predicted molar refractivity (Wildman–Crippen MR) is 20.2 cm³/mol. The monoisotopic (exact) mass is 239 g/mol. The van der Waals surface area contributed by atoms with Crippen molar-refractivity contribution in [3.05, 3.63) is 0 Å². The molecule has 0 aliphatic heterocycles. The van der Waals surface area contributed by atoms with E-state index in [2.05, 4.69) is 0 Å². The molecular weight excluding hydrogens is 231 g/mol. The van der Waals surface area contributed by atoms with Crippen LogP contribution in [0, 0.1) is 0 Å². The zero-order chi connectivity index (χ0) is 0. The van der Waals surface area contributed by atoms with Crippen molar-refractivity contribution >= 4 is 37.7 Å². The molecule has 0 atom stereocenters. The van der Waals surface area contributed by atoms with Crippen LogP contribution in [0.2, 0.25) is 0 Å². The molecule has 6 heavy (non-hydrogen) atoms. The smallest absolute Gasteiger partial charge is 1.00 e. The van der Waals surface area contributed by atoms with Gasteiger partial charge < -0.3 is 45.9 Å². The molecule has 0 saturated heterocycles. The van der Waals surface area contributed by atoms with Gasteiger partial charge in [-0.2, -0.15) is 0 Å². The van der Waals surface area contributed by atoms with Gasteiger partial charge in [-0.05, 0) is 0 Å². The van der Waals surface area contributed by atoms with E-state index in [1.807, 2.05) is 0 Å². The summed E-state index contributed by atoms with van der Waals surface area (Å²) in [6.45, 7) is 0. The molecule has 8 N–H and O–H groups in total. The van der Waals surface area contributed by atoms with Crippen LogP contribution < -0.4 is 24.0 Å². The molecule has 0 amide bonds. The number of hydrogen-bond donors (Lipinski definition) is 0. The Morgan fingerprint density at radius 3 is 0.500 bits per heavy atom. The van der Waals surface area contributed by atoms with Gasteiger partial charge in [-0.1, -0.05) is 0 Å². The van der Waals surface area contributed by atoms with Gasteiger partial charge in [-0.25, -0.2) is 0 Å². The number of halogens is 1. The third-order valence-corrected chi connectivity index (χ3v) is 0. The Balaban J connectivity index is 0. The zero-order valence-electron chi connectivity index (χ0n) is 3.09. The van der Waals surface area contributed by atoms with Crippen molar-refractivity contribution in [2.24, 2.45) is 0 Å². The van der Waals surface area contributed by atoms with E-state index in [-0.39, 0.29) is 83.6 Å². The minimum Gasteiger partial charge on any atom is -1.00 e. The first kappa shape index (κ1) is 109. The van der Waals surface area contributed by atoms with Gasteiger partial charge in [0.25, 0.3) is 0 Å². The quantitative estimate of drug-likeness (QED) is 0.294. The summed E-state index contributed by atoms with van der Waals surface area (Å²) in [5, 5.41) is 0. The molecule has 0 radical (unpaired) electrons. The summed E-state index contributed by atoms with van der Waals surface area (Å²) in [5.74, 6) is 0. The van der Waals surface area contributed by atoms with Crippen molar-refractivity contribution in [1.29, 1.82) is 0 Å². The normalized spacial score (nSPS) is 0. The van der Waals surface area contributed by atoms with Crippen LogP contribution in [0.15, 0.2) is 0 Å². The second kappa shape index (κ2) is 69.3. The summed E-state index contributed by atoms with van der Waals surface area (Å²) >= 11 is 0. The first-order valence-corrected chi connectivity index (χ1v) is 0. The van der Waals surface area contributed by atoms with Crippen molar-refractivity contribution in [1.82, 2.24) is 0 Å². The van der Waals surface area contributed by atoms with E-state index in [1.54, 1.807) is 0 Å². The predicted octanol–water partition coefficient (Wildman–Crippen LogP) is -6.68. The summed E-state index contributed by atoms with van der Waals surface area (Å²) in [6.07, 6.45) is 0. The van der Waals surface area contributed by atoms with Crippen molar-refractivity contribution in [2.75, 3.05) is 0 Å². The fraction of sp³-hybridized carbons (Fsp3) is 0. The average Bonchev–Trinajstić information content (AvgIpc) is 0. The van der Waals surface area contributed by atoms with Gasteiger partial charge in [0.15, 0.2) is 0 Å². The van der Waals surface area contributed by atoms with Crippen molar-refractivity contribution in [2.45, 2.75) is 0 Å². The molecule has 0 aromatic rings. The van der Waals surface area contributed by atoms with Crippen LogP contribution in [-0.4, -0.2) is 59.6 Å². The molecule has 0 aromatic heterocycles. The van der Waals surface area contributed by atoms with Crippen molar-refractivity contribution < 1.29 is 45.9 Å². The van der Waals surface area contributed by atoms with Gasteiger partial charge in [0.1, 0.15) is 0 Å². The van der Waals surface area contributed by atoms with E-state index in [1.165, 1.54) is 0 Å². The van der Waals surface area contributed by atoms with Crippen LogP contribution in [0.25, 0.3) is 0 Å². The summed E-state index contributed by atoms with van der Waals surface area (Å²) in [5.41, 5.74) is 0. The molecule has 0 unspecified atom stereocenters. The SMILES string of the molecule is O.O.O.O.[Ca+2].[I-]. The molecule has 0 aliphatic carbocycles. The Morgan fingerprint density at radius 2 is 0.500 bits per heavy atom. The van der Waals surface area contributed by atoms with E-state index < -0.39 is 0 Å². The van der Waals surface area contributed by atoms with Crippen LogP contribution in [0.4, 0.5) is 0 Å². The van der Waals surface area contributed by atoms with Crippen molar-refractivity contribution in [3.8, 4) is 0 Å².